The number of nitro benzene ring substituents is 1. The molecular formula is C8H9N3O4. The molecule has 0 atom stereocenters. The molecule has 7 nitrogen and oxygen atoms in total. The molecule has 2 N–H and O–H groups in total. The first-order chi connectivity index (χ1) is 7.19. The van der Waals surface area contributed by atoms with Crippen molar-refractivity contribution >= 4 is 17.8 Å². The maximum atomic E-state index is 10.5. The predicted molar refractivity (Wildman–Crippen MR) is 52.5 cm³/mol. The third-order valence-corrected chi connectivity index (χ3v) is 1.66. The van der Waals surface area contributed by atoms with Gasteiger partial charge < -0.3 is 4.74 Å². The summed E-state index contributed by atoms with van der Waals surface area (Å²) in [4.78, 5) is 20.0. The highest BCUT2D eigenvalue weighted by atomic mass is 16.6. The van der Waals surface area contributed by atoms with Crippen LogP contribution >= 0.6 is 0 Å². The van der Waals surface area contributed by atoms with Crippen molar-refractivity contribution in [3.05, 3.63) is 28.3 Å². The molecular weight excluding hydrogens is 202 g/mol. The first-order valence-electron chi connectivity index (χ1n) is 3.96. The Morgan fingerprint density at radius 3 is 2.80 bits per heavy atom. The second-order valence-corrected chi connectivity index (χ2v) is 2.53. The number of non-ortho nitro benzene ring substituents is 1. The van der Waals surface area contributed by atoms with Gasteiger partial charge in [-0.25, -0.2) is 0 Å². The third kappa shape index (κ3) is 2.56. The van der Waals surface area contributed by atoms with Gasteiger partial charge in [0.2, 0.25) is 6.41 Å². The van der Waals surface area contributed by atoms with Crippen LogP contribution in [0.25, 0.3) is 0 Å². The number of carbonyl (C=O) groups is 1. The quantitative estimate of drug-likeness (QED) is 0.424. The number of nitro groups is 1. The Morgan fingerprint density at radius 2 is 2.27 bits per heavy atom. The lowest BCUT2D eigenvalue weighted by Gasteiger charge is -2.08. The number of amides is 1. The number of anilines is 1. The zero-order valence-electron chi connectivity index (χ0n) is 7.89. The van der Waals surface area contributed by atoms with Gasteiger partial charge in [0, 0.05) is 6.07 Å². The zero-order valence-corrected chi connectivity index (χ0v) is 7.89. The largest absolute Gasteiger partial charge is 0.494 e. The molecule has 0 heterocycles. The molecule has 0 unspecified atom stereocenters. The number of nitrogens with zero attached hydrogens (tertiary/aromatic N) is 1. The highest BCUT2D eigenvalue weighted by Crippen LogP contribution is 2.28. The van der Waals surface area contributed by atoms with Gasteiger partial charge in [-0.2, -0.15) is 0 Å². The molecule has 0 saturated heterocycles. The highest BCUT2D eigenvalue weighted by molar-refractivity contribution is 5.62. The number of rotatable bonds is 5. The van der Waals surface area contributed by atoms with E-state index < -0.39 is 4.92 Å². The molecule has 0 saturated carbocycles. The lowest BCUT2D eigenvalue weighted by atomic mass is 10.2. The number of hydrogen-bond donors (Lipinski definition) is 2. The molecule has 0 spiro atoms. The van der Waals surface area contributed by atoms with Gasteiger partial charge in [-0.15, -0.1) is 0 Å². The van der Waals surface area contributed by atoms with Crippen LogP contribution in [0.1, 0.15) is 0 Å². The van der Waals surface area contributed by atoms with Crippen LogP contribution in [-0.4, -0.2) is 18.4 Å². The van der Waals surface area contributed by atoms with Gasteiger partial charge in [-0.05, 0) is 6.07 Å². The Morgan fingerprint density at radius 1 is 1.53 bits per heavy atom. The lowest BCUT2D eigenvalue weighted by molar-refractivity contribution is -0.384. The molecule has 0 fully saturated rings. The van der Waals surface area contributed by atoms with Crippen molar-refractivity contribution in [3.8, 4) is 5.75 Å². The van der Waals surface area contributed by atoms with Crippen molar-refractivity contribution < 1.29 is 14.5 Å². The molecule has 1 aromatic rings. The van der Waals surface area contributed by atoms with Crippen LogP contribution in [0.4, 0.5) is 11.4 Å². The van der Waals surface area contributed by atoms with Gasteiger partial charge in [0.25, 0.3) is 5.69 Å². The number of benzene rings is 1. The molecule has 80 valence electrons. The maximum absolute atomic E-state index is 10.5. The fourth-order valence-electron chi connectivity index (χ4n) is 1.00. The first-order valence-corrected chi connectivity index (χ1v) is 3.96. The number of hydrogen-bond acceptors (Lipinski definition) is 5. The topological polar surface area (TPSA) is 93.5 Å². The summed E-state index contributed by atoms with van der Waals surface area (Å²) in [6.45, 7) is 0. The maximum Gasteiger partial charge on any atom is 0.273 e. The minimum Gasteiger partial charge on any atom is -0.494 e. The number of hydrazine groups is 1. The first kappa shape index (κ1) is 10.8. The van der Waals surface area contributed by atoms with Gasteiger partial charge in [-0.3, -0.25) is 25.8 Å². The average Bonchev–Trinajstić information content (AvgIpc) is 2.25. The predicted octanol–water partition coefficient (Wildman–Crippen LogP) is 0.676. The zero-order chi connectivity index (χ0) is 11.3. The second kappa shape index (κ2) is 4.80. The minimum absolute atomic E-state index is 0.0801. The van der Waals surface area contributed by atoms with Crippen molar-refractivity contribution in [2.24, 2.45) is 0 Å². The molecule has 0 aliphatic rings. The summed E-state index contributed by atoms with van der Waals surface area (Å²) < 4.78 is 4.91. The number of carbonyl (C=O) groups excluding carboxylic acids is 1. The SMILES string of the molecule is COc1cc([N+](=O)[O-])ccc1NNC=O. The second-order valence-electron chi connectivity index (χ2n) is 2.53. The number of methoxy groups -OCH3 is 1. The lowest BCUT2D eigenvalue weighted by Crippen LogP contribution is -2.19. The van der Waals surface area contributed by atoms with E-state index in [9.17, 15) is 14.9 Å². The van der Waals surface area contributed by atoms with Crippen LogP contribution in [0.2, 0.25) is 0 Å². The normalized spacial score (nSPS) is 9.13. The van der Waals surface area contributed by atoms with E-state index in [0.717, 1.165) is 0 Å². The van der Waals surface area contributed by atoms with Crippen LogP contribution in [-0.2, 0) is 4.79 Å². The summed E-state index contributed by atoms with van der Waals surface area (Å²) in [5.74, 6) is 0.276. The number of nitrogens with one attached hydrogen (secondary N) is 2. The van der Waals surface area contributed by atoms with Crippen molar-refractivity contribution in [1.82, 2.24) is 5.43 Å². The van der Waals surface area contributed by atoms with Crippen molar-refractivity contribution in [1.29, 1.82) is 0 Å². The third-order valence-electron chi connectivity index (χ3n) is 1.66. The van der Waals surface area contributed by atoms with Crippen LogP contribution in [0.3, 0.4) is 0 Å². The Balaban J connectivity index is 2.97. The summed E-state index contributed by atoms with van der Waals surface area (Å²) in [5.41, 5.74) is 5.08. The van der Waals surface area contributed by atoms with Crippen LogP contribution in [0.15, 0.2) is 18.2 Å². The van der Waals surface area contributed by atoms with E-state index in [4.69, 9.17) is 4.74 Å². The molecule has 15 heavy (non-hydrogen) atoms. The van der Waals surface area contributed by atoms with E-state index in [-0.39, 0.29) is 11.4 Å². The van der Waals surface area contributed by atoms with Gasteiger partial charge in [0.05, 0.1) is 23.8 Å². The minimum atomic E-state index is -0.528. The smallest absolute Gasteiger partial charge is 0.273 e. The van der Waals surface area contributed by atoms with Gasteiger partial charge in [0.15, 0.2) is 5.75 Å². The molecule has 0 bridgehead atoms. The molecule has 0 aromatic heterocycles. The fraction of sp³-hybridized carbons (Fsp3) is 0.125. The van der Waals surface area contributed by atoms with E-state index in [2.05, 4.69) is 10.9 Å². The summed E-state index contributed by atoms with van der Waals surface area (Å²) in [7, 11) is 1.38. The standard InChI is InChI=1S/C8H9N3O4/c1-15-8-4-6(11(13)14)2-3-7(8)10-9-5-12/h2-5,10H,1H3,(H,9,12). The Kier molecular flexibility index (Phi) is 3.44. The molecule has 1 aromatic carbocycles. The van der Waals surface area contributed by atoms with E-state index in [1.165, 1.54) is 25.3 Å². The van der Waals surface area contributed by atoms with Crippen LogP contribution in [0, 0.1) is 10.1 Å². The van der Waals surface area contributed by atoms with Gasteiger partial charge in [-0.1, -0.05) is 0 Å². The highest BCUT2D eigenvalue weighted by Gasteiger charge is 2.10. The molecule has 7 heteroatoms. The van der Waals surface area contributed by atoms with Crippen molar-refractivity contribution in [3.63, 3.8) is 0 Å². The van der Waals surface area contributed by atoms with E-state index >= 15 is 0 Å². The molecule has 0 radical (unpaired) electrons. The Bertz CT molecular complexity index is 380. The van der Waals surface area contributed by atoms with Crippen LogP contribution < -0.4 is 15.6 Å². The van der Waals surface area contributed by atoms with E-state index in [1.54, 1.807) is 0 Å². The van der Waals surface area contributed by atoms with Crippen LogP contribution in [0.5, 0.6) is 5.75 Å². The van der Waals surface area contributed by atoms with Gasteiger partial charge >= 0.3 is 0 Å². The van der Waals surface area contributed by atoms with Gasteiger partial charge in [0.1, 0.15) is 0 Å². The Hall–Kier alpha value is -2.31. The summed E-state index contributed by atoms with van der Waals surface area (Å²) in [5, 5.41) is 10.5. The molecule has 1 amide bonds. The summed E-state index contributed by atoms with van der Waals surface area (Å²) >= 11 is 0. The average molecular weight is 211 g/mol. The number of ether oxygens (including phenoxy) is 1. The van der Waals surface area contributed by atoms with Crippen molar-refractivity contribution in [2.45, 2.75) is 0 Å². The Labute approximate surface area is 85.2 Å². The van der Waals surface area contributed by atoms with E-state index in [0.29, 0.717) is 12.1 Å². The molecule has 0 aliphatic heterocycles. The van der Waals surface area contributed by atoms with E-state index in [1.807, 2.05) is 0 Å². The van der Waals surface area contributed by atoms with Crippen molar-refractivity contribution in [2.75, 3.05) is 12.5 Å². The fourth-order valence-corrected chi connectivity index (χ4v) is 1.00. The molecule has 0 aliphatic carbocycles. The monoisotopic (exact) mass is 211 g/mol. The summed E-state index contributed by atoms with van der Waals surface area (Å²) in [6, 6.07) is 4.00. The molecule has 1 rings (SSSR count). The summed E-state index contributed by atoms with van der Waals surface area (Å²) in [6.07, 6.45) is 0.445.